The Morgan fingerprint density at radius 3 is 2.54 bits per heavy atom. The lowest BCUT2D eigenvalue weighted by Crippen LogP contribution is -1.78. The van der Waals surface area contributed by atoms with Gasteiger partial charge in [0.1, 0.15) is 0 Å². The molecule has 66 valence electrons. The third-order valence-electron chi connectivity index (χ3n) is 2.15. The van der Waals surface area contributed by atoms with Crippen LogP contribution in [0.5, 0.6) is 0 Å². The summed E-state index contributed by atoms with van der Waals surface area (Å²) in [5.41, 5.74) is 2.73. The Bertz CT molecular complexity index is 373. The van der Waals surface area contributed by atoms with E-state index in [2.05, 4.69) is 48.7 Å². The maximum absolute atomic E-state index is 2.21. The van der Waals surface area contributed by atoms with Crippen LogP contribution in [0.3, 0.4) is 0 Å². The minimum absolute atomic E-state index is 1.13. The first kappa shape index (κ1) is 8.52. The van der Waals surface area contributed by atoms with Gasteiger partial charge in [-0.1, -0.05) is 37.3 Å². The second kappa shape index (κ2) is 3.75. The molecule has 0 atom stereocenters. The summed E-state index contributed by atoms with van der Waals surface area (Å²) in [5, 5.41) is 2.17. The Hall–Kier alpha value is -1.08. The van der Waals surface area contributed by atoms with E-state index in [1.165, 1.54) is 16.0 Å². The standard InChI is InChI=1S/C12H12S/c1-2-12-11(8-9-13-12)10-6-4-3-5-7-10/h3-9H,2H2,1H3. The van der Waals surface area contributed by atoms with E-state index in [0.29, 0.717) is 0 Å². The molecular formula is C12H12S. The van der Waals surface area contributed by atoms with Gasteiger partial charge in [-0.25, -0.2) is 0 Å². The number of hydrogen-bond donors (Lipinski definition) is 0. The van der Waals surface area contributed by atoms with E-state index in [-0.39, 0.29) is 0 Å². The average Bonchev–Trinajstić information content (AvgIpc) is 2.67. The lowest BCUT2D eigenvalue weighted by molar-refractivity contribution is 1.19. The van der Waals surface area contributed by atoms with E-state index in [4.69, 9.17) is 0 Å². The molecule has 0 saturated carbocycles. The zero-order chi connectivity index (χ0) is 9.10. The molecule has 0 radical (unpaired) electrons. The molecule has 1 heteroatoms. The van der Waals surface area contributed by atoms with Gasteiger partial charge in [0.2, 0.25) is 0 Å². The summed E-state index contributed by atoms with van der Waals surface area (Å²) in [6.07, 6.45) is 1.13. The van der Waals surface area contributed by atoms with E-state index < -0.39 is 0 Å². The SMILES string of the molecule is CCc1sccc1-c1ccccc1. The molecule has 2 rings (SSSR count). The number of benzene rings is 1. The van der Waals surface area contributed by atoms with Crippen LogP contribution in [0.25, 0.3) is 11.1 Å². The number of thiophene rings is 1. The molecule has 2 aromatic rings. The molecule has 0 aliphatic carbocycles. The zero-order valence-electron chi connectivity index (χ0n) is 7.66. The lowest BCUT2D eigenvalue weighted by Gasteiger charge is -2.00. The predicted octanol–water partition coefficient (Wildman–Crippen LogP) is 3.98. The summed E-state index contributed by atoms with van der Waals surface area (Å²) in [4.78, 5) is 1.48. The molecule has 0 aliphatic heterocycles. The van der Waals surface area contributed by atoms with Crippen molar-refractivity contribution in [1.29, 1.82) is 0 Å². The summed E-state index contributed by atoms with van der Waals surface area (Å²) < 4.78 is 0. The normalized spacial score (nSPS) is 10.2. The topological polar surface area (TPSA) is 0 Å². The van der Waals surface area contributed by atoms with Crippen LogP contribution in [0.1, 0.15) is 11.8 Å². The van der Waals surface area contributed by atoms with Gasteiger partial charge in [0.25, 0.3) is 0 Å². The van der Waals surface area contributed by atoms with Crippen LogP contribution in [0, 0.1) is 0 Å². The first-order valence-electron chi connectivity index (χ1n) is 4.53. The van der Waals surface area contributed by atoms with Crippen molar-refractivity contribution in [2.45, 2.75) is 13.3 Å². The molecule has 0 aliphatic rings. The molecule has 0 amide bonds. The first-order chi connectivity index (χ1) is 6.42. The summed E-state index contributed by atoms with van der Waals surface area (Å²) in [6, 6.07) is 12.8. The van der Waals surface area contributed by atoms with E-state index in [1.807, 2.05) is 11.3 Å². The monoisotopic (exact) mass is 188 g/mol. The maximum atomic E-state index is 2.21. The highest BCUT2D eigenvalue weighted by Gasteiger charge is 2.03. The fraction of sp³-hybridized carbons (Fsp3) is 0.167. The molecule has 1 aromatic carbocycles. The summed E-state index contributed by atoms with van der Waals surface area (Å²) in [5.74, 6) is 0. The highest BCUT2D eigenvalue weighted by molar-refractivity contribution is 7.10. The maximum Gasteiger partial charge on any atom is 0.0121 e. The van der Waals surface area contributed by atoms with Gasteiger partial charge in [0, 0.05) is 4.88 Å². The predicted molar refractivity (Wildman–Crippen MR) is 59.1 cm³/mol. The van der Waals surface area contributed by atoms with Gasteiger partial charge < -0.3 is 0 Å². The Balaban J connectivity index is 2.47. The highest BCUT2D eigenvalue weighted by Crippen LogP contribution is 2.28. The van der Waals surface area contributed by atoms with E-state index >= 15 is 0 Å². The Labute approximate surface area is 82.9 Å². The van der Waals surface area contributed by atoms with E-state index in [9.17, 15) is 0 Å². The molecule has 0 nitrogen and oxygen atoms in total. The van der Waals surface area contributed by atoms with Crippen molar-refractivity contribution < 1.29 is 0 Å². The van der Waals surface area contributed by atoms with Gasteiger partial charge in [-0.2, -0.15) is 0 Å². The van der Waals surface area contributed by atoms with Crippen LogP contribution in [0.15, 0.2) is 41.8 Å². The molecule has 1 aromatic heterocycles. The largest absolute Gasteiger partial charge is 0.148 e. The van der Waals surface area contributed by atoms with Crippen LogP contribution < -0.4 is 0 Å². The molecule has 0 bridgehead atoms. The molecule has 13 heavy (non-hydrogen) atoms. The molecular weight excluding hydrogens is 176 g/mol. The highest BCUT2D eigenvalue weighted by atomic mass is 32.1. The van der Waals surface area contributed by atoms with Gasteiger partial charge in [-0.15, -0.1) is 11.3 Å². The summed E-state index contributed by atoms with van der Waals surface area (Å²) >= 11 is 1.84. The van der Waals surface area contributed by atoms with Crippen LogP contribution >= 0.6 is 11.3 Å². The van der Waals surface area contributed by atoms with Gasteiger partial charge in [0.15, 0.2) is 0 Å². The number of aryl methyl sites for hydroxylation is 1. The minimum Gasteiger partial charge on any atom is -0.148 e. The molecule has 0 unspecified atom stereocenters. The van der Waals surface area contributed by atoms with Gasteiger partial charge in [-0.05, 0) is 29.0 Å². The van der Waals surface area contributed by atoms with Crippen molar-refractivity contribution in [3.63, 3.8) is 0 Å². The van der Waals surface area contributed by atoms with Crippen LogP contribution in [0.2, 0.25) is 0 Å². The van der Waals surface area contributed by atoms with Crippen molar-refractivity contribution in [1.82, 2.24) is 0 Å². The zero-order valence-corrected chi connectivity index (χ0v) is 8.47. The smallest absolute Gasteiger partial charge is 0.0121 e. The van der Waals surface area contributed by atoms with Gasteiger partial charge in [0.05, 0.1) is 0 Å². The Morgan fingerprint density at radius 2 is 1.85 bits per heavy atom. The van der Waals surface area contributed by atoms with Gasteiger partial charge >= 0.3 is 0 Å². The first-order valence-corrected chi connectivity index (χ1v) is 5.41. The summed E-state index contributed by atoms with van der Waals surface area (Å²) in [6.45, 7) is 2.21. The van der Waals surface area contributed by atoms with Crippen molar-refractivity contribution in [3.05, 3.63) is 46.7 Å². The fourth-order valence-electron chi connectivity index (χ4n) is 1.49. The molecule has 0 spiro atoms. The molecule has 0 fully saturated rings. The molecule has 0 saturated heterocycles. The van der Waals surface area contributed by atoms with E-state index in [1.54, 1.807) is 0 Å². The van der Waals surface area contributed by atoms with Gasteiger partial charge in [-0.3, -0.25) is 0 Å². The third-order valence-corrected chi connectivity index (χ3v) is 3.22. The van der Waals surface area contributed by atoms with Crippen molar-refractivity contribution in [2.75, 3.05) is 0 Å². The summed E-state index contributed by atoms with van der Waals surface area (Å²) in [7, 11) is 0. The second-order valence-electron chi connectivity index (χ2n) is 2.98. The molecule has 1 heterocycles. The van der Waals surface area contributed by atoms with Crippen molar-refractivity contribution >= 4 is 11.3 Å². The minimum atomic E-state index is 1.13. The number of hydrogen-bond acceptors (Lipinski definition) is 1. The Morgan fingerprint density at radius 1 is 1.08 bits per heavy atom. The van der Waals surface area contributed by atoms with Crippen LogP contribution in [-0.4, -0.2) is 0 Å². The Kier molecular flexibility index (Phi) is 2.46. The third kappa shape index (κ3) is 1.65. The van der Waals surface area contributed by atoms with E-state index in [0.717, 1.165) is 6.42 Å². The van der Waals surface area contributed by atoms with Crippen molar-refractivity contribution in [2.24, 2.45) is 0 Å². The fourth-order valence-corrected chi connectivity index (χ4v) is 2.34. The number of rotatable bonds is 2. The second-order valence-corrected chi connectivity index (χ2v) is 3.98. The molecule has 0 N–H and O–H groups in total. The van der Waals surface area contributed by atoms with Crippen LogP contribution in [0.4, 0.5) is 0 Å². The quantitative estimate of drug-likeness (QED) is 0.668. The van der Waals surface area contributed by atoms with Crippen molar-refractivity contribution in [3.8, 4) is 11.1 Å². The lowest BCUT2D eigenvalue weighted by atomic mass is 10.1. The average molecular weight is 188 g/mol. The van der Waals surface area contributed by atoms with Crippen LogP contribution in [-0.2, 0) is 6.42 Å².